The molecule has 0 aromatic carbocycles. The molecule has 0 aliphatic heterocycles. The van der Waals surface area contributed by atoms with E-state index in [4.69, 9.17) is 9.84 Å². The van der Waals surface area contributed by atoms with E-state index in [1.807, 2.05) is 20.8 Å². The van der Waals surface area contributed by atoms with Crippen LogP contribution in [0.3, 0.4) is 0 Å². The van der Waals surface area contributed by atoms with E-state index in [-0.39, 0.29) is 17.6 Å². The number of carboxylic acids is 1. The Labute approximate surface area is 107 Å². The lowest BCUT2D eigenvalue weighted by Gasteiger charge is -2.14. The molecule has 2 N–H and O–H groups in total. The fourth-order valence-corrected chi connectivity index (χ4v) is 1.39. The van der Waals surface area contributed by atoms with Gasteiger partial charge in [-0.15, -0.1) is 0 Å². The lowest BCUT2D eigenvalue weighted by Crippen LogP contribution is -2.19. The Bertz CT molecular complexity index is 419. The van der Waals surface area contributed by atoms with Crippen molar-refractivity contribution in [3.05, 3.63) is 23.4 Å². The van der Waals surface area contributed by atoms with Gasteiger partial charge in [0.1, 0.15) is 5.82 Å². The molecule has 0 fully saturated rings. The largest absolute Gasteiger partial charge is 0.478 e. The molecule has 18 heavy (non-hydrogen) atoms. The first-order valence-corrected chi connectivity index (χ1v) is 5.96. The summed E-state index contributed by atoms with van der Waals surface area (Å²) < 4.78 is 5.12. The van der Waals surface area contributed by atoms with Crippen molar-refractivity contribution in [2.24, 2.45) is 0 Å². The summed E-state index contributed by atoms with van der Waals surface area (Å²) in [5, 5.41) is 12.1. The Hall–Kier alpha value is -1.62. The second-order valence-corrected chi connectivity index (χ2v) is 4.55. The molecular weight excluding hydrogens is 232 g/mol. The van der Waals surface area contributed by atoms with Crippen LogP contribution in [0.4, 0.5) is 5.82 Å². The highest BCUT2D eigenvalue weighted by Gasteiger charge is 2.11. The number of rotatable bonds is 6. The minimum absolute atomic E-state index is 0.0442. The quantitative estimate of drug-likeness (QED) is 0.813. The maximum absolute atomic E-state index is 11.0. The number of nitrogens with zero attached hydrogens (tertiary/aromatic N) is 1. The van der Waals surface area contributed by atoms with Gasteiger partial charge in [0.25, 0.3) is 0 Å². The van der Waals surface area contributed by atoms with Crippen LogP contribution in [-0.2, 0) is 4.74 Å². The van der Waals surface area contributed by atoms with E-state index in [9.17, 15) is 4.79 Å². The zero-order valence-corrected chi connectivity index (χ0v) is 11.2. The summed E-state index contributed by atoms with van der Waals surface area (Å²) in [4.78, 5) is 15.4. The zero-order chi connectivity index (χ0) is 13.7. The summed E-state index contributed by atoms with van der Waals surface area (Å²) in [5.74, 6) is -0.186. The van der Waals surface area contributed by atoms with Gasteiger partial charge in [0.2, 0.25) is 0 Å². The Morgan fingerprint density at radius 2 is 2.11 bits per heavy atom. The summed E-state index contributed by atoms with van der Waals surface area (Å²) in [5.41, 5.74) is 1.02. The number of aromatic carboxylic acids is 1. The van der Waals surface area contributed by atoms with Crippen LogP contribution in [0.15, 0.2) is 12.1 Å². The highest BCUT2D eigenvalue weighted by Crippen LogP contribution is 2.17. The van der Waals surface area contributed by atoms with Gasteiger partial charge in [-0.1, -0.05) is 13.8 Å². The van der Waals surface area contributed by atoms with E-state index >= 15 is 0 Å². The smallest absolute Gasteiger partial charge is 0.335 e. The molecule has 1 unspecified atom stereocenters. The minimum atomic E-state index is -0.942. The Balaban J connectivity index is 2.93. The van der Waals surface area contributed by atoms with Gasteiger partial charge in [0.15, 0.2) is 0 Å². The van der Waals surface area contributed by atoms with Gasteiger partial charge in [0.05, 0.1) is 11.7 Å². The van der Waals surface area contributed by atoms with Crippen LogP contribution >= 0.6 is 0 Å². The molecule has 0 bridgehead atoms. The van der Waals surface area contributed by atoms with Crippen LogP contribution in [-0.4, -0.2) is 35.8 Å². The predicted molar refractivity (Wildman–Crippen MR) is 70.2 cm³/mol. The lowest BCUT2D eigenvalue weighted by atomic mass is 10.1. The van der Waals surface area contributed by atoms with E-state index in [1.165, 1.54) is 6.07 Å². The molecule has 5 nitrogen and oxygen atoms in total. The summed E-state index contributed by atoms with van der Waals surface area (Å²) in [6.45, 7) is 6.48. The number of carboxylic acid groups (broad SMARTS) is 1. The van der Waals surface area contributed by atoms with Crippen LogP contribution < -0.4 is 5.32 Å². The Morgan fingerprint density at radius 1 is 1.44 bits per heavy atom. The number of aromatic nitrogens is 1. The number of hydrogen-bond acceptors (Lipinski definition) is 4. The lowest BCUT2D eigenvalue weighted by molar-refractivity contribution is 0.0696. The van der Waals surface area contributed by atoms with Crippen LogP contribution in [0.2, 0.25) is 0 Å². The predicted octanol–water partition coefficient (Wildman–Crippen LogP) is 2.35. The monoisotopic (exact) mass is 252 g/mol. The van der Waals surface area contributed by atoms with Crippen molar-refractivity contribution in [2.45, 2.75) is 32.8 Å². The average molecular weight is 252 g/mol. The third-order valence-corrected chi connectivity index (χ3v) is 2.66. The Morgan fingerprint density at radius 3 is 2.61 bits per heavy atom. The van der Waals surface area contributed by atoms with Crippen molar-refractivity contribution < 1.29 is 14.6 Å². The van der Waals surface area contributed by atoms with Gasteiger partial charge in [-0.05, 0) is 25.0 Å². The van der Waals surface area contributed by atoms with E-state index in [1.54, 1.807) is 13.2 Å². The molecule has 0 radical (unpaired) electrons. The van der Waals surface area contributed by atoms with E-state index in [0.29, 0.717) is 12.4 Å². The van der Waals surface area contributed by atoms with Crippen molar-refractivity contribution in [3.63, 3.8) is 0 Å². The maximum Gasteiger partial charge on any atom is 0.335 e. The molecule has 0 amide bonds. The number of nitrogens with one attached hydrogen (secondary N) is 1. The summed E-state index contributed by atoms with van der Waals surface area (Å²) in [6, 6.07) is 3.15. The van der Waals surface area contributed by atoms with Gasteiger partial charge < -0.3 is 15.2 Å². The molecule has 0 aliphatic rings. The fourth-order valence-electron chi connectivity index (χ4n) is 1.39. The zero-order valence-electron chi connectivity index (χ0n) is 11.2. The van der Waals surface area contributed by atoms with Gasteiger partial charge in [-0.3, -0.25) is 0 Å². The highest BCUT2D eigenvalue weighted by molar-refractivity contribution is 5.88. The molecular formula is C13H20N2O3. The van der Waals surface area contributed by atoms with Gasteiger partial charge in [-0.2, -0.15) is 0 Å². The maximum atomic E-state index is 11.0. The molecule has 0 spiro atoms. The first kappa shape index (κ1) is 14.4. The third-order valence-electron chi connectivity index (χ3n) is 2.66. The molecule has 0 saturated heterocycles. The normalized spacial score (nSPS) is 12.5. The van der Waals surface area contributed by atoms with Gasteiger partial charge in [-0.25, -0.2) is 9.78 Å². The molecule has 1 atom stereocenters. The number of anilines is 1. The number of hydrogen-bond donors (Lipinski definition) is 2. The molecule has 1 aromatic heterocycles. The number of pyridine rings is 1. The molecule has 0 saturated carbocycles. The molecule has 1 aromatic rings. The van der Waals surface area contributed by atoms with Gasteiger partial charge in [0, 0.05) is 19.3 Å². The second-order valence-electron chi connectivity index (χ2n) is 4.55. The number of carbonyl (C=O) groups is 1. The third kappa shape index (κ3) is 4.00. The van der Waals surface area contributed by atoms with E-state index in [2.05, 4.69) is 10.3 Å². The highest BCUT2D eigenvalue weighted by atomic mass is 16.5. The minimum Gasteiger partial charge on any atom is -0.478 e. The standard InChI is InChI=1S/C13H20N2O3/c1-8(2)11-5-10(13(16)17)6-12(15-11)14-7-9(3)18-4/h5-6,8-9H,7H2,1-4H3,(H,14,15)(H,16,17). The van der Waals surface area contributed by atoms with Crippen LogP contribution in [0.5, 0.6) is 0 Å². The van der Waals surface area contributed by atoms with Crippen molar-refractivity contribution in [2.75, 3.05) is 19.0 Å². The summed E-state index contributed by atoms with van der Waals surface area (Å²) in [6.07, 6.45) is 0.0442. The topological polar surface area (TPSA) is 71.5 Å². The van der Waals surface area contributed by atoms with E-state index < -0.39 is 5.97 Å². The van der Waals surface area contributed by atoms with Crippen molar-refractivity contribution in [1.29, 1.82) is 0 Å². The Kier molecular flexibility index (Phi) is 5.09. The van der Waals surface area contributed by atoms with Crippen molar-refractivity contribution in [1.82, 2.24) is 4.98 Å². The molecule has 100 valence electrons. The van der Waals surface area contributed by atoms with Crippen LogP contribution in [0.1, 0.15) is 42.7 Å². The van der Waals surface area contributed by atoms with Crippen LogP contribution in [0.25, 0.3) is 0 Å². The first-order chi connectivity index (χ1) is 8.43. The number of ether oxygens (including phenoxy) is 1. The average Bonchev–Trinajstić information content (AvgIpc) is 2.35. The van der Waals surface area contributed by atoms with Crippen molar-refractivity contribution in [3.8, 4) is 0 Å². The van der Waals surface area contributed by atoms with E-state index in [0.717, 1.165) is 5.69 Å². The van der Waals surface area contributed by atoms with Gasteiger partial charge >= 0.3 is 5.97 Å². The molecule has 1 heterocycles. The molecule has 0 aliphatic carbocycles. The SMILES string of the molecule is COC(C)CNc1cc(C(=O)O)cc(C(C)C)n1. The van der Waals surface area contributed by atoms with Crippen LogP contribution in [0, 0.1) is 0 Å². The first-order valence-electron chi connectivity index (χ1n) is 5.96. The van der Waals surface area contributed by atoms with Crippen molar-refractivity contribution >= 4 is 11.8 Å². The molecule has 1 rings (SSSR count). The summed E-state index contributed by atoms with van der Waals surface area (Å²) >= 11 is 0. The second kappa shape index (κ2) is 6.35. The number of methoxy groups -OCH3 is 1. The molecule has 5 heteroatoms. The fraction of sp³-hybridized carbons (Fsp3) is 0.538. The summed E-state index contributed by atoms with van der Waals surface area (Å²) in [7, 11) is 1.63.